The first-order valence-corrected chi connectivity index (χ1v) is 5.15. The van der Waals surface area contributed by atoms with Crippen LogP contribution in [0.25, 0.3) is 0 Å². The molecule has 0 aliphatic heterocycles. The summed E-state index contributed by atoms with van der Waals surface area (Å²) in [5.41, 5.74) is 0. The van der Waals surface area contributed by atoms with E-state index in [1.54, 1.807) is 0 Å². The van der Waals surface area contributed by atoms with E-state index >= 15 is 0 Å². The molecule has 0 aromatic heterocycles. The van der Waals surface area contributed by atoms with Crippen molar-refractivity contribution in [2.75, 3.05) is 13.2 Å². The van der Waals surface area contributed by atoms with Crippen molar-refractivity contribution in [2.24, 2.45) is 5.92 Å². The predicted octanol–water partition coefficient (Wildman–Crippen LogP) is 2.04. The molecule has 0 radical (unpaired) electrons. The minimum Gasteiger partial charge on any atom is -0.353 e. The molecular formula is C10H18FNO. The van der Waals surface area contributed by atoms with E-state index in [4.69, 9.17) is 0 Å². The molecule has 0 spiro atoms. The second kappa shape index (κ2) is 5.95. The van der Waals surface area contributed by atoms with Crippen molar-refractivity contribution in [3.8, 4) is 0 Å². The number of carbonyl (C=O) groups is 1. The maximum absolute atomic E-state index is 11.7. The van der Waals surface area contributed by atoms with E-state index in [9.17, 15) is 9.18 Å². The lowest BCUT2D eigenvalue weighted by Crippen LogP contribution is -2.27. The summed E-state index contributed by atoms with van der Waals surface area (Å²) in [5.74, 6) is 0.568. The van der Waals surface area contributed by atoms with Gasteiger partial charge >= 0.3 is 0 Å². The Labute approximate surface area is 78.9 Å². The largest absolute Gasteiger partial charge is 0.353 e. The molecule has 0 unspecified atom stereocenters. The summed E-state index contributed by atoms with van der Waals surface area (Å²) in [4.78, 5) is 11.2. The lowest BCUT2D eigenvalue weighted by molar-refractivity contribution is -0.122. The molecule has 1 fully saturated rings. The summed E-state index contributed by atoms with van der Waals surface area (Å²) >= 11 is 0. The molecule has 0 saturated heterocycles. The zero-order chi connectivity index (χ0) is 9.52. The average Bonchev–Trinajstić information content (AvgIpc) is 2.16. The summed E-state index contributed by atoms with van der Waals surface area (Å²) in [6.07, 6.45) is 6.75. The van der Waals surface area contributed by atoms with Gasteiger partial charge in [0.25, 0.3) is 0 Å². The molecule has 1 rings (SSSR count). The Morgan fingerprint density at radius 1 is 1.31 bits per heavy atom. The molecule has 0 bridgehead atoms. The van der Waals surface area contributed by atoms with E-state index in [0.29, 0.717) is 12.3 Å². The number of amides is 1. The summed E-state index contributed by atoms with van der Waals surface area (Å²) in [7, 11) is 0. The summed E-state index contributed by atoms with van der Waals surface area (Å²) in [6.45, 7) is -0.290. The van der Waals surface area contributed by atoms with E-state index in [-0.39, 0.29) is 12.5 Å². The quantitative estimate of drug-likeness (QED) is 0.717. The molecule has 0 atom stereocenters. The molecular weight excluding hydrogens is 169 g/mol. The van der Waals surface area contributed by atoms with Crippen LogP contribution >= 0.6 is 0 Å². The van der Waals surface area contributed by atoms with Crippen molar-refractivity contribution in [1.82, 2.24) is 5.32 Å². The molecule has 1 aliphatic rings. The second-order valence-electron chi connectivity index (χ2n) is 3.75. The smallest absolute Gasteiger partial charge is 0.220 e. The molecule has 2 nitrogen and oxygen atoms in total. The highest BCUT2D eigenvalue weighted by molar-refractivity contribution is 5.76. The van der Waals surface area contributed by atoms with Gasteiger partial charge in [0.1, 0.15) is 6.67 Å². The van der Waals surface area contributed by atoms with Crippen LogP contribution in [0.5, 0.6) is 0 Å². The van der Waals surface area contributed by atoms with Gasteiger partial charge in [0, 0.05) is 13.0 Å². The molecule has 76 valence electrons. The Hall–Kier alpha value is -0.600. The van der Waals surface area contributed by atoms with Gasteiger partial charge in [-0.3, -0.25) is 4.79 Å². The van der Waals surface area contributed by atoms with Gasteiger partial charge in [0.15, 0.2) is 0 Å². The molecule has 0 heterocycles. The minimum absolute atomic E-state index is 0.0181. The predicted molar refractivity (Wildman–Crippen MR) is 50.2 cm³/mol. The van der Waals surface area contributed by atoms with Crippen molar-refractivity contribution in [3.63, 3.8) is 0 Å². The van der Waals surface area contributed by atoms with Crippen LogP contribution in [0, 0.1) is 5.92 Å². The van der Waals surface area contributed by atoms with Gasteiger partial charge in [0.2, 0.25) is 5.91 Å². The Bertz CT molecular complexity index is 155. The third-order valence-electron chi connectivity index (χ3n) is 2.62. The monoisotopic (exact) mass is 187 g/mol. The van der Waals surface area contributed by atoms with Crippen molar-refractivity contribution in [2.45, 2.75) is 38.5 Å². The van der Waals surface area contributed by atoms with Crippen molar-refractivity contribution in [1.29, 1.82) is 0 Å². The standard InChI is InChI=1S/C10H18FNO/c11-6-7-12-10(13)8-9-4-2-1-3-5-9/h9H,1-8H2,(H,12,13). The topological polar surface area (TPSA) is 29.1 Å². The summed E-state index contributed by atoms with van der Waals surface area (Å²) in [6, 6.07) is 0. The van der Waals surface area contributed by atoms with Crippen molar-refractivity contribution >= 4 is 5.91 Å². The van der Waals surface area contributed by atoms with E-state index < -0.39 is 6.67 Å². The molecule has 13 heavy (non-hydrogen) atoms. The fraction of sp³-hybridized carbons (Fsp3) is 0.900. The van der Waals surface area contributed by atoms with E-state index in [2.05, 4.69) is 5.32 Å². The molecule has 1 saturated carbocycles. The maximum atomic E-state index is 11.7. The Kier molecular flexibility index (Phi) is 4.79. The maximum Gasteiger partial charge on any atom is 0.220 e. The first-order chi connectivity index (χ1) is 6.33. The second-order valence-corrected chi connectivity index (χ2v) is 3.75. The average molecular weight is 187 g/mol. The molecule has 0 aromatic rings. The lowest BCUT2D eigenvalue weighted by Gasteiger charge is -2.20. The molecule has 0 aromatic carbocycles. The van der Waals surface area contributed by atoms with Crippen LogP contribution < -0.4 is 5.32 Å². The minimum atomic E-state index is -0.462. The van der Waals surface area contributed by atoms with Crippen molar-refractivity contribution < 1.29 is 9.18 Å². The number of nitrogens with one attached hydrogen (secondary N) is 1. The number of rotatable bonds is 4. The van der Waals surface area contributed by atoms with Gasteiger partial charge in [-0.05, 0) is 18.8 Å². The molecule has 1 N–H and O–H groups in total. The number of hydrogen-bond acceptors (Lipinski definition) is 1. The third-order valence-corrected chi connectivity index (χ3v) is 2.62. The van der Waals surface area contributed by atoms with E-state index in [1.165, 1.54) is 32.1 Å². The lowest BCUT2D eigenvalue weighted by atomic mass is 9.87. The van der Waals surface area contributed by atoms with Crippen LogP contribution in [-0.2, 0) is 4.79 Å². The summed E-state index contributed by atoms with van der Waals surface area (Å²) in [5, 5.41) is 2.57. The Morgan fingerprint density at radius 3 is 2.62 bits per heavy atom. The number of hydrogen-bond donors (Lipinski definition) is 1. The van der Waals surface area contributed by atoms with Crippen LogP contribution in [0.3, 0.4) is 0 Å². The van der Waals surface area contributed by atoms with Gasteiger partial charge in [-0.25, -0.2) is 4.39 Å². The van der Waals surface area contributed by atoms with E-state index in [0.717, 1.165) is 0 Å². The fourth-order valence-corrected chi connectivity index (χ4v) is 1.91. The highest BCUT2D eigenvalue weighted by Gasteiger charge is 2.16. The summed E-state index contributed by atoms with van der Waals surface area (Å²) < 4.78 is 11.7. The van der Waals surface area contributed by atoms with Gasteiger partial charge in [-0.1, -0.05) is 19.3 Å². The van der Waals surface area contributed by atoms with Crippen LogP contribution in [-0.4, -0.2) is 19.1 Å². The van der Waals surface area contributed by atoms with E-state index in [1.807, 2.05) is 0 Å². The van der Waals surface area contributed by atoms with Crippen LogP contribution in [0.15, 0.2) is 0 Å². The molecule has 1 aliphatic carbocycles. The zero-order valence-electron chi connectivity index (χ0n) is 8.02. The van der Waals surface area contributed by atoms with Gasteiger partial charge < -0.3 is 5.32 Å². The number of halogens is 1. The normalized spacial score (nSPS) is 18.5. The van der Waals surface area contributed by atoms with Gasteiger partial charge in [-0.2, -0.15) is 0 Å². The first kappa shape index (κ1) is 10.5. The van der Waals surface area contributed by atoms with Crippen LogP contribution in [0.4, 0.5) is 4.39 Å². The highest BCUT2D eigenvalue weighted by Crippen LogP contribution is 2.25. The number of alkyl halides is 1. The zero-order valence-corrected chi connectivity index (χ0v) is 8.02. The first-order valence-electron chi connectivity index (χ1n) is 5.15. The Morgan fingerprint density at radius 2 is 2.00 bits per heavy atom. The van der Waals surface area contributed by atoms with Gasteiger partial charge in [0.05, 0.1) is 0 Å². The highest BCUT2D eigenvalue weighted by atomic mass is 19.1. The van der Waals surface area contributed by atoms with Crippen LogP contribution in [0.2, 0.25) is 0 Å². The van der Waals surface area contributed by atoms with Crippen molar-refractivity contribution in [3.05, 3.63) is 0 Å². The number of carbonyl (C=O) groups excluding carboxylic acids is 1. The fourth-order valence-electron chi connectivity index (χ4n) is 1.91. The Balaban J connectivity index is 2.11. The third kappa shape index (κ3) is 4.25. The van der Waals surface area contributed by atoms with Gasteiger partial charge in [-0.15, -0.1) is 0 Å². The van der Waals surface area contributed by atoms with Crippen LogP contribution in [0.1, 0.15) is 38.5 Å². The molecule has 1 amide bonds. The molecule has 3 heteroatoms. The SMILES string of the molecule is O=C(CC1CCCCC1)NCCF.